The summed E-state index contributed by atoms with van der Waals surface area (Å²) in [6.45, 7) is 3.37. The van der Waals surface area contributed by atoms with Gasteiger partial charge in [-0.15, -0.1) is 0 Å². The molecule has 0 aliphatic heterocycles. The molecule has 0 bridgehead atoms. The Labute approximate surface area is 199 Å². The molecule has 1 amide bonds. The van der Waals surface area contributed by atoms with Gasteiger partial charge >= 0.3 is 6.18 Å². The van der Waals surface area contributed by atoms with Crippen LogP contribution in [0.2, 0.25) is 0 Å². The van der Waals surface area contributed by atoms with Crippen LogP contribution in [0, 0.1) is 18.3 Å². The van der Waals surface area contributed by atoms with Crippen molar-refractivity contribution in [2.75, 3.05) is 5.32 Å². The number of halogens is 3. The van der Waals surface area contributed by atoms with Crippen molar-refractivity contribution in [3.8, 4) is 11.9 Å². The fourth-order valence-corrected chi connectivity index (χ4v) is 4.13. The van der Waals surface area contributed by atoms with Crippen molar-refractivity contribution < 1.29 is 23.1 Å². The monoisotopic (exact) mass is 484 g/mol. The fourth-order valence-electron chi connectivity index (χ4n) is 4.13. The molecule has 0 aromatic carbocycles. The molecule has 2 N–H and O–H groups in total. The number of aliphatic hydroxyl groups is 1. The number of carbonyl (C=O) groups is 1. The maximum Gasteiger partial charge on any atom is 0.417 e. The van der Waals surface area contributed by atoms with E-state index in [-0.39, 0.29) is 11.4 Å². The zero-order valence-electron chi connectivity index (χ0n) is 19.1. The first kappa shape index (κ1) is 24.3. The summed E-state index contributed by atoms with van der Waals surface area (Å²) in [6, 6.07) is 7.79. The Morgan fingerprint density at radius 1 is 1.11 bits per heavy atom. The van der Waals surface area contributed by atoms with E-state index < -0.39 is 28.7 Å². The van der Waals surface area contributed by atoms with Crippen LogP contribution in [-0.4, -0.2) is 36.4 Å². The predicted molar refractivity (Wildman–Crippen MR) is 120 cm³/mol. The molecule has 1 aliphatic rings. The maximum atomic E-state index is 12.8. The van der Waals surface area contributed by atoms with Gasteiger partial charge in [0, 0.05) is 6.20 Å². The Morgan fingerprint density at radius 3 is 2.37 bits per heavy atom. The molecule has 1 fully saturated rings. The van der Waals surface area contributed by atoms with Gasteiger partial charge in [0.1, 0.15) is 0 Å². The minimum atomic E-state index is -4.50. The molecule has 8 nitrogen and oxygen atoms in total. The third-order valence-corrected chi connectivity index (χ3v) is 6.45. The second-order valence-corrected chi connectivity index (χ2v) is 9.04. The molecule has 182 valence electrons. The summed E-state index contributed by atoms with van der Waals surface area (Å²) in [5.41, 5.74) is -0.822. The number of aromatic nitrogens is 4. The highest BCUT2D eigenvalue weighted by atomic mass is 19.4. The zero-order valence-corrected chi connectivity index (χ0v) is 19.1. The third kappa shape index (κ3) is 4.88. The maximum absolute atomic E-state index is 12.8. The number of hydrogen-bond acceptors (Lipinski definition) is 6. The van der Waals surface area contributed by atoms with Gasteiger partial charge in [-0.05, 0) is 63.8 Å². The van der Waals surface area contributed by atoms with E-state index in [0.29, 0.717) is 49.0 Å². The van der Waals surface area contributed by atoms with E-state index in [1.807, 2.05) is 0 Å². The smallest absolute Gasteiger partial charge is 0.390 e. The van der Waals surface area contributed by atoms with E-state index >= 15 is 0 Å². The molecular weight excluding hydrogens is 461 g/mol. The molecule has 35 heavy (non-hydrogen) atoms. The van der Waals surface area contributed by atoms with Gasteiger partial charge < -0.3 is 10.4 Å². The molecule has 3 aromatic heterocycles. The van der Waals surface area contributed by atoms with Crippen molar-refractivity contribution in [1.82, 2.24) is 19.7 Å². The van der Waals surface area contributed by atoms with E-state index in [4.69, 9.17) is 0 Å². The Balaban J connectivity index is 1.48. The Kier molecular flexibility index (Phi) is 6.11. The van der Waals surface area contributed by atoms with Crippen LogP contribution in [0.4, 0.5) is 18.9 Å². The average Bonchev–Trinajstić information content (AvgIpc) is 3.21. The summed E-state index contributed by atoms with van der Waals surface area (Å²) in [4.78, 5) is 21.0. The number of hydrogen-bond donors (Lipinski definition) is 2. The lowest BCUT2D eigenvalue weighted by Gasteiger charge is -2.37. The fraction of sp³-hybridized carbons (Fsp3) is 0.375. The van der Waals surface area contributed by atoms with Crippen molar-refractivity contribution in [2.45, 2.75) is 56.7 Å². The Bertz CT molecular complexity index is 1260. The van der Waals surface area contributed by atoms with Crippen LogP contribution < -0.4 is 5.32 Å². The molecule has 1 saturated carbocycles. The topological polar surface area (TPSA) is 117 Å². The number of alkyl halides is 3. The van der Waals surface area contributed by atoms with Crippen molar-refractivity contribution >= 4 is 11.6 Å². The van der Waals surface area contributed by atoms with Crippen LogP contribution in [0.25, 0.3) is 5.82 Å². The van der Waals surface area contributed by atoms with Crippen LogP contribution in [0.15, 0.2) is 42.9 Å². The minimum absolute atomic E-state index is 0.147. The van der Waals surface area contributed by atoms with Gasteiger partial charge in [0.15, 0.2) is 5.82 Å². The molecule has 1 aliphatic carbocycles. The van der Waals surface area contributed by atoms with Crippen molar-refractivity contribution in [1.29, 1.82) is 5.26 Å². The van der Waals surface area contributed by atoms with Gasteiger partial charge in [-0.3, -0.25) is 9.78 Å². The number of nitrogens with one attached hydrogen (secondary N) is 1. The Hall–Kier alpha value is -3.78. The molecule has 0 radical (unpaired) electrons. The van der Waals surface area contributed by atoms with Crippen LogP contribution in [0.1, 0.15) is 59.9 Å². The molecular formula is C24H23F3N6O2. The summed E-state index contributed by atoms with van der Waals surface area (Å²) in [5.74, 6) is -0.326. The first-order valence-corrected chi connectivity index (χ1v) is 10.9. The highest BCUT2D eigenvalue weighted by Crippen LogP contribution is 2.42. The van der Waals surface area contributed by atoms with E-state index in [1.54, 1.807) is 26.0 Å². The molecule has 11 heteroatoms. The molecule has 0 saturated heterocycles. The van der Waals surface area contributed by atoms with Gasteiger partial charge in [-0.25, -0.2) is 9.67 Å². The molecule has 4 rings (SSSR count). The van der Waals surface area contributed by atoms with E-state index in [1.165, 1.54) is 23.1 Å². The molecule has 3 heterocycles. The highest BCUT2D eigenvalue weighted by molar-refractivity contribution is 6.04. The number of nitrogens with zero attached hydrogens (tertiary/aromatic N) is 5. The van der Waals surface area contributed by atoms with E-state index in [9.17, 15) is 28.3 Å². The summed E-state index contributed by atoms with van der Waals surface area (Å²) in [5, 5.41) is 26.8. The van der Waals surface area contributed by atoms with Crippen molar-refractivity contribution in [2.24, 2.45) is 0 Å². The van der Waals surface area contributed by atoms with Gasteiger partial charge in [0.05, 0.1) is 57.7 Å². The van der Waals surface area contributed by atoms with Gasteiger partial charge in [0.25, 0.3) is 5.91 Å². The number of amides is 1. The number of anilines is 1. The molecule has 0 unspecified atom stereocenters. The largest absolute Gasteiger partial charge is 0.417 e. The van der Waals surface area contributed by atoms with Gasteiger partial charge in [-0.1, -0.05) is 0 Å². The SMILES string of the molecule is Cc1c(C(=O)Nc2ccc(C3(C#N)CCC(C)(O)CC3)nc2)cnn1-c1ccc(C(F)(F)F)cn1. The van der Waals surface area contributed by atoms with Crippen LogP contribution in [0.5, 0.6) is 0 Å². The molecule has 0 atom stereocenters. The number of carbonyl (C=O) groups excluding carboxylic acids is 1. The lowest BCUT2D eigenvalue weighted by molar-refractivity contribution is -0.137. The number of rotatable bonds is 4. The van der Waals surface area contributed by atoms with Gasteiger partial charge in [0.2, 0.25) is 0 Å². The van der Waals surface area contributed by atoms with Crippen LogP contribution in [-0.2, 0) is 11.6 Å². The number of pyridine rings is 2. The first-order valence-electron chi connectivity index (χ1n) is 10.9. The summed E-state index contributed by atoms with van der Waals surface area (Å²) < 4.78 is 39.6. The normalized spacial score (nSPS) is 22.4. The quantitative estimate of drug-likeness (QED) is 0.569. The zero-order chi connectivity index (χ0) is 25.4. The standard InChI is InChI=1S/C24H23F3N6O2/c1-15-18(13-31-33(15)20-6-3-16(11-30-20)24(25,26)27)21(34)32-17-4-5-19(29-12-17)23(14-28)9-7-22(2,35)8-10-23/h3-6,11-13,35H,7-10H2,1-2H3,(H,32,34). The van der Waals surface area contributed by atoms with Crippen LogP contribution in [0.3, 0.4) is 0 Å². The van der Waals surface area contributed by atoms with Crippen LogP contribution >= 0.6 is 0 Å². The second-order valence-electron chi connectivity index (χ2n) is 9.04. The second kappa shape index (κ2) is 8.78. The first-order chi connectivity index (χ1) is 16.4. The van der Waals surface area contributed by atoms with E-state index in [2.05, 4.69) is 26.5 Å². The third-order valence-electron chi connectivity index (χ3n) is 6.45. The summed E-state index contributed by atoms with van der Waals surface area (Å²) in [7, 11) is 0. The minimum Gasteiger partial charge on any atom is -0.390 e. The number of nitriles is 1. The highest BCUT2D eigenvalue weighted by Gasteiger charge is 2.42. The summed E-state index contributed by atoms with van der Waals surface area (Å²) in [6.07, 6.45) is 0.973. The lowest BCUT2D eigenvalue weighted by Crippen LogP contribution is -2.39. The molecule has 0 spiro atoms. The average molecular weight is 484 g/mol. The van der Waals surface area contributed by atoms with E-state index in [0.717, 1.165) is 6.07 Å². The predicted octanol–water partition coefficient (Wildman–Crippen LogP) is 4.33. The van der Waals surface area contributed by atoms with Crippen molar-refractivity contribution in [3.63, 3.8) is 0 Å². The lowest BCUT2D eigenvalue weighted by atomic mass is 9.68. The summed E-state index contributed by atoms with van der Waals surface area (Å²) >= 11 is 0. The molecule has 3 aromatic rings. The van der Waals surface area contributed by atoms with Crippen molar-refractivity contribution in [3.05, 3.63) is 65.4 Å². The Morgan fingerprint density at radius 2 is 1.83 bits per heavy atom. The van der Waals surface area contributed by atoms with Gasteiger partial charge in [-0.2, -0.15) is 23.5 Å².